The Kier molecular flexibility index (Phi) is 8.46. The Hall–Kier alpha value is -2.60. The van der Waals surface area contributed by atoms with Gasteiger partial charge in [-0.15, -0.1) is 0 Å². The molecule has 6 nitrogen and oxygen atoms in total. The largest absolute Gasteiger partial charge is 0.493 e. The van der Waals surface area contributed by atoms with E-state index < -0.39 is 6.09 Å². The number of hydrogen-bond donors (Lipinski definition) is 1. The molecule has 0 saturated heterocycles. The molecule has 1 N–H and O–H groups in total. The minimum absolute atomic E-state index is 0.450. The van der Waals surface area contributed by atoms with Gasteiger partial charge in [0.25, 0.3) is 0 Å². The van der Waals surface area contributed by atoms with Crippen LogP contribution in [0, 0.1) is 11.8 Å². The SMILES string of the molecule is COC(=O)Nc1cc(-c2ccc(OCC(C)CC(C)C)c(CN(C)C)c2)ccn1. The van der Waals surface area contributed by atoms with Crippen LogP contribution in [0.15, 0.2) is 36.5 Å². The highest BCUT2D eigenvalue weighted by Gasteiger charge is 2.12. The lowest BCUT2D eigenvalue weighted by atomic mass is 9.99. The average Bonchev–Trinajstić information content (AvgIpc) is 2.66. The van der Waals surface area contributed by atoms with Gasteiger partial charge in [-0.25, -0.2) is 9.78 Å². The highest BCUT2D eigenvalue weighted by molar-refractivity contribution is 5.84. The molecule has 0 saturated carbocycles. The van der Waals surface area contributed by atoms with Gasteiger partial charge in [0.15, 0.2) is 0 Å². The molecule has 0 aliphatic heterocycles. The predicted molar refractivity (Wildman–Crippen MR) is 117 cm³/mol. The molecule has 29 heavy (non-hydrogen) atoms. The monoisotopic (exact) mass is 399 g/mol. The molecule has 1 amide bonds. The summed E-state index contributed by atoms with van der Waals surface area (Å²) in [5, 5.41) is 2.60. The quantitative estimate of drug-likeness (QED) is 0.639. The van der Waals surface area contributed by atoms with Crippen LogP contribution in [0.2, 0.25) is 0 Å². The van der Waals surface area contributed by atoms with Gasteiger partial charge in [-0.1, -0.05) is 26.8 Å². The fourth-order valence-electron chi connectivity index (χ4n) is 3.30. The first-order chi connectivity index (χ1) is 13.8. The molecule has 6 heteroatoms. The van der Waals surface area contributed by atoms with E-state index in [9.17, 15) is 4.79 Å². The molecular weight excluding hydrogens is 366 g/mol. The zero-order valence-corrected chi connectivity index (χ0v) is 18.4. The van der Waals surface area contributed by atoms with Crippen molar-refractivity contribution in [3.63, 3.8) is 0 Å². The van der Waals surface area contributed by atoms with Gasteiger partial charge in [0.1, 0.15) is 11.6 Å². The number of anilines is 1. The fraction of sp³-hybridized carbons (Fsp3) is 0.478. The molecule has 1 aromatic heterocycles. The maximum Gasteiger partial charge on any atom is 0.412 e. The van der Waals surface area contributed by atoms with E-state index in [1.807, 2.05) is 38.4 Å². The first-order valence-electron chi connectivity index (χ1n) is 10.00. The van der Waals surface area contributed by atoms with Crippen LogP contribution < -0.4 is 10.1 Å². The van der Waals surface area contributed by atoms with E-state index in [-0.39, 0.29) is 0 Å². The first-order valence-corrected chi connectivity index (χ1v) is 10.00. The number of hydrogen-bond acceptors (Lipinski definition) is 5. The lowest BCUT2D eigenvalue weighted by Gasteiger charge is -2.19. The molecule has 1 unspecified atom stereocenters. The second-order valence-electron chi connectivity index (χ2n) is 8.15. The number of amides is 1. The maximum absolute atomic E-state index is 11.4. The summed E-state index contributed by atoms with van der Waals surface area (Å²) in [7, 11) is 5.42. The van der Waals surface area contributed by atoms with E-state index in [1.54, 1.807) is 6.20 Å². The summed E-state index contributed by atoms with van der Waals surface area (Å²) in [6, 6.07) is 9.96. The van der Waals surface area contributed by atoms with Crippen LogP contribution in [-0.4, -0.2) is 43.8 Å². The number of aromatic nitrogens is 1. The third-order valence-corrected chi connectivity index (χ3v) is 4.45. The summed E-state index contributed by atoms with van der Waals surface area (Å²) < 4.78 is 10.8. The van der Waals surface area contributed by atoms with E-state index >= 15 is 0 Å². The molecule has 2 aromatic rings. The summed E-state index contributed by atoms with van der Waals surface area (Å²) >= 11 is 0. The number of ether oxygens (including phenoxy) is 2. The second-order valence-corrected chi connectivity index (χ2v) is 8.15. The number of rotatable bonds is 9. The van der Waals surface area contributed by atoms with Crippen LogP contribution in [-0.2, 0) is 11.3 Å². The highest BCUT2D eigenvalue weighted by atomic mass is 16.5. The Bertz CT molecular complexity index is 806. The number of carbonyl (C=O) groups excluding carboxylic acids is 1. The van der Waals surface area contributed by atoms with Crippen molar-refractivity contribution >= 4 is 11.9 Å². The third kappa shape index (κ3) is 7.38. The van der Waals surface area contributed by atoms with Crippen molar-refractivity contribution < 1.29 is 14.3 Å². The van der Waals surface area contributed by atoms with Gasteiger partial charge in [-0.05, 0) is 67.7 Å². The zero-order valence-electron chi connectivity index (χ0n) is 18.4. The molecule has 1 atom stereocenters. The molecule has 0 radical (unpaired) electrons. The van der Waals surface area contributed by atoms with E-state index in [1.165, 1.54) is 7.11 Å². The van der Waals surface area contributed by atoms with Crippen molar-refractivity contribution in [2.75, 3.05) is 33.1 Å². The molecule has 1 aromatic carbocycles. The van der Waals surface area contributed by atoms with Gasteiger partial charge < -0.3 is 14.4 Å². The van der Waals surface area contributed by atoms with E-state index in [4.69, 9.17) is 4.74 Å². The van der Waals surface area contributed by atoms with E-state index in [0.29, 0.717) is 24.3 Å². The van der Waals surface area contributed by atoms with Crippen LogP contribution in [0.3, 0.4) is 0 Å². The second kappa shape index (κ2) is 10.8. The third-order valence-electron chi connectivity index (χ3n) is 4.45. The minimum atomic E-state index is -0.540. The fourth-order valence-corrected chi connectivity index (χ4v) is 3.30. The van der Waals surface area contributed by atoms with E-state index in [2.05, 4.69) is 46.8 Å². The van der Waals surface area contributed by atoms with Gasteiger partial charge in [0.2, 0.25) is 0 Å². The minimum Gasteiger partial charge on any atom is -0.493 e. The lowest BCUT2D eigenvalue weighted by Crippen LogP contribution is -2.15. The Balaban J connectivity index is 2.24. The smallest absolute Gasteiger partial charge is 0.412 e. The Morgan fingerprint density at radius 1 is 1.14 bits per heavy atom. The first kappa shape index (κ1) is 22.7. The number of nitrogens with zero attached hydrogens (tertiary/aromatic N) is 2. The predicted octanol–water partition coefficient (Wildman–Crippen LogP) is 5.05. The number of benzene rings is 1. The number of methoxy groups -OCH3 is 1. The standard InChI is InChI=1S/C23H33N3O3/c1-16(2)11-17(3)15-29-21-8-7-18(12-20(21)14-26(4)5)19-9-10-24-22(13-19)25-23(27)28-6/h7-10,12-13,16-17H,11,14-15H2,1-6H3,(H,24,25,27). The van der Waals surface area contributed by atoms with Crippen LogP contribution in [0.1, 0.15) is 32.8 Å². The molecular formula is C23H33N3O3. The van der Waals surface area contributed by atoms with Crippen molar-refractivity contribution in [3.05, 3.63) is 42.1 Å². The van der Waals surface area contributed by atoms with Crippen molar-refractivity contribution in [1.29, 1.82) is 0 Å². The summed E-state index contributed by atoms with van der Waals surface area (Å²) in [6.07, 6.45) is 2.28. The van der Waals surface area contributed by atoms with Gasteiger partial charge in [-0.3, -0.25) is 5.32 Å². The molecule has 0 bridgehead atoms. The highest BCUT2D eigenvalue weighted by Crippen LogP contribution is 2.29. The molecule has 0 aliphatic carbocycles. The van der Waals surface area contributed by atoms with Gasteiger partial charge in [-0.2, -0.15) is 0 Å². The summed E-state index contributed by atoms with van der Waals surface area (Å²) in [4.78, 5) is 17.7. The van der Waals surface area contributed by atoms with Crippen LogP contribution >= 0.6 is 0 Å². The van der Waals surface area contributed by atoms with Crippen molar-refractivity contribution in [1.82, 2.24) is 9.88 Å². The summed E-state index contributed by atoms with van der Waals surface area (Å²) in [5.41, 5.74) is 3.13. The zero-order chi connectivity index (χ0) is 21.4. The Morgan fingerprint density at radius 3 is 2.52 bits per heavy atom. The van der Waals surface area contributed by atoms with Crippen molar-refractivity contribution in [2.45, 2.75) is 33.7 Å². The molecule has 0 fully saturated rings. The Labute approximate surface area is 174 Å². The number of carbonyl (C=O) groups is 1. The lowest BCUT2D eigenvalue weighted by molar-refractivity contribution is 0.187. The van der Waals surface area contributed by atoms with Crippen LogP contribution in [0.4, 0.5) is 10.6 Å². The van der Waals surface area contributed by atoms with Crippen LogP contribution in [0.5, 0.6) is 5.75 Å². The van der Waals surface area contributed by atoms with Gasteiger partial charge >= 0.3 is 6.09 Å². The maximum atomic E-state index is 11.4. The molecule has 158 valence electrons. The molecule has 1 heterocycles. The number of nitrogens with one attached hydrogen (secondary N) is 1. The molecule has 2 rings (SSSR count). The van der Waals surface area contributed by atoms with Crippen LogP contribution in [0.25, 0.3) is 11.1 Å². The molecule has 0 aliphatic rings. The average molecular weight is 400 g/mol. The van der Waals surface area contributed by atoms with Gasteiger partial charge in [0, 0.05) is 18.3 Å². The molecule has 0 spiro atoms. The summed E-state index contributed by atoms with van der Waals surface area (Å²) in [6.45, 7) is 8.19. The van der Waals surface area contributed by atoms with Crippen molar-refractivity contribution in [2.24, 2.45) is 11.8 Å². The summed E-state index contributed by atoms with van der Waals surface area (Å²) in [5.74, 6) is 2.54. The Morgan fingerprint density at radius 2 is 1.86 bits per heavy atom. The van der Waals surface area contributed by atoms with E-state index in [0.717, 1.165) is 35.4 Å². The van der Waals surface area contributed by atoms with Gasteiger partial charge in [0.05, 0.1) is 13.7 Å². The number of pyridine rings is 1. The normalized spacial score (nSPS) is 12.1. The topological polar surface area (TPSA) is 63.7 Å². The van der Waals surface area contributed by atoms with Crippen molar-refractivity contribution in [3.8, 4) is 16.9 Å².